The highest BCUT2D eigenvalue weighted by Gasteiger charge is 2.07. The van der Waals surface area contributed by atoms with Gasteiger partial charge in [0.25, 0.3) is 0 Å². The molecule has 0 radical (unpaired) electrons. The molecule has 3 nitrogen and oxygen atoms in total. The van der Waals surface area contributed by atoms with E-state index in [9.17, 15) is 9.59 Å². The molecule has 1 aromatic heterocycles. The first-order valence-electron chi connectivity index (χ1n) is 4.01. The molecule has 1 aromatic rings. The summed E-state index contributed by atoms with van der Waals surface area (Å²) in [7, 11) is 0. The molecule has 13 heavy (non-hydrogen) atoms. The highest BCUT2D eigenvalue weighted by atomic mass is 16.1. The van der Waals surface area contributed by atoms with E-state index < -0.39 is 0 Å². The van der Waals surface area contributed by atoms with Crippen LogP contribution in [0.15, 0.2) is 12.1 Å². The molecule has 0 aliphatic heterocycles. The molecule has 3 heteroatoms. The molecule has 68 valence electrons. The van der Waals surface area contributed by atoms with Gasteiger partial charge in [0.1, 0.15) is 11.4 Å². The van der Waals surface area contributed by atoms with Crippen molar-refractivity contribution in [1.82, 2.24) is 4.98 Å². The van der Waals surface area contributed by atoms with Crippen molar-refractivity contribution in [3.05, 3.63) is 29.1 Å². The quantitative estimate of drug-likeness (QED) is 0.647. The summed E-state index contributed by atoms with van der Waals surface area (Å²) >= 11 is 0. The fraction of sp³-hybridized carbons (Fsp3) is 0.300. The maximum Gasteiger partial charge on any atom is 0.178 e. The van der Waals surface area contributed by atoms with Crippen molar-refractivity contribution in [1.29, 1.82) is 0 Å². The van der Waals surface area contributed by atoms with Gasteiger partial charge in [0, 0.05) is 13.8 Å². The predicted octanol–water partition coefficient (Wildman–Crippen LogP) is 1.80. The van der Waals surface area contributed by atoms with Crippen molar-refractivity contribution in [3.8, 4) is 0 Å². The third-order valence-corrected chi connectivity index (χ3v) is 1.69. The lowest BCUT2D eigenvalue weighted by Gasteiger charge is -2.00. The zero-order chi connectivity index (χ0) is 10.0. The van der Waals surface area contributed by atoms with Crippen molar-refractivity contribution in [2.75, 3.05) is 0 Å². The molecule has 0 aliphatic rings. The van der Waals surface area contributed by atoms with Crippen LogP contribution in [0.5, 0.6) is 0 Å². The van der Waals surface area contributed by atoms with E-state index >= 15 is 0 Å². The number of aromatic nitrogens is 1. The van der Waals surface area contributed by atoms with Crippen molar-refractivity contribution >= 4 is 11.6 Å². The lowest BCUT2D eigenvalue weighted by atomic mass is 10.1. The predicted molar refractivity (Wildman–Crippen MR) is 49.0 cm³/mol. The van der Waals surface area contributed by atoms with Gasteiger partial charge in [-0.3, -0.25) is 9.59 Å². The highest BCUT2D eigenvalue weighted by Crippen LogP contribution is 2.06. The summed E-state index contributed by atoms with van der Waals surface area (Å²) in [5, 5.41) is 0. The van der Waals surface area contributed by atoms with E-state index in [0.29, 0.717) is 11.4 Å². The number of carbonyl (C=O) groups is 2. The largest absolute Gasteiger partial charge is 0.293 e. The average Bonchev–Trinajstić information content (AvgIpc) is 2.03. The van der Waals surface area contributed by atoms with Gasteiger partial charge in [-0.1, -0.05) is 0 Å². The Morgan fingerprint density at radius 2 is 1.46 bits per heavy atom. The number of Topliss-reactive ketones (excluding diaryl/α,β-unsaturated/α-hetero) is 2. The number of ketones is 2. The van der Waals surface area contributed by atoms with E-state index in [4.69, 9.17) is 0 Å². The molecule has 0 bridgehead atoms. The Hall–Kier alpha value is -1.51. The SMILES string of the molecule is CC(=O)c1cc(C)cc(C(C)=O)n1. The topological polar surface area (TPSA) is 47.0 Å². The van der Waals surface area contributed by atoms with E-state index in [1.165, 1.54) is 13.8 Å². The minimum absolute atomic E-state index is 0.119. The second-order valence-electron chi connectivity index (χ2n) is 3.03. The molecule has 0 fully saturated rings. The van der Waals surface area contributed by atoms with Crippen LogP contribution < -0.4 is 0 Å². The number of hydrogen-bond donors (Lipinski definition) is 0. The Morgan fingerprint density at radius 1 is 1.08 bits per heavy atom. The standard InChI is InChI=1S/C10H11NO2/c1-6-4-9(7(2)12)11-10(5-6)8(3)13/h4-5H,1-3H3. The van der Waals surface area contributed by atoms with Gasteiger partial charge in [-0.05, 0) is 24.6 Å². The van der Waals surface area contributed by atoms with Gasteiger partial charge >= 0.3 is 0 Å². The second kappa shape index (κ2) is 3.47. The number of nitrogens with zero attached hydrogens (tertiary/aromatic N) is 1. The summed E-state index contributed by atoms with van der Waals surface area (Å²) in [5.41, 5.74) is 1.58. The van der Waals surface area contributed by atoms with Crippen molar-refractivity contribution in [2.45, 2.75) is 20.8 Å². The summed E-state index contributed by atoms with van der Waals surface area (Å²) in [6, 6.07) is 3.35. The fourth-order valence-electron chi connectivity index (χ4n) is 1.03. The zero-order valence-electron chi connectivity index (χ0n) is 7.92. The molecule has 0 saturated carbocycles. The number of carbonyl (C=O) groups excluding carboxylic acids is 2. The summed E-state index contributed by atoms with van der Waals surface area (Å²) in [4.78, 5) is 25.9. The molecule has 1 rings (SSSR count). The average molecular weight is 177 g/mol. The summed E-state index contributed by atoms with van der Waals surface area (Å²) in [6.45, 7) is 4.71. The van der Waals surface area contributed by atoms with Gasteiger partial charge < -0.3 is 0 Å². The van der Waals surface area contributed by atoms with Crippen LogP contribution in [-0.4, -0.2) is 16.6 Å². The van der Waals surface area contributed by atoms with E-state index in [1.54, 1.807) is 12.1 Å². The van der Waals surface area contributed by atoms with E-state index in [0.717, 1.165) is 5.56 Å². The normalized spacial score (nSPS) is 9.77. The van der Waals surface area contributed by atoms with Crippen LogP contribution in [-0.2, 0) is 0 Å². The monoisotopic (exact) mass is 177 g/mol. The van der Waals surface area contributed by atoms with Crippen LogP contribution in [0.2, 0.25) is 0 Å². The van der Waals surface area contributed by atoms with Crippen molar-refractivity contribution < 1.29 is 9.59 Å². The van der Waals surface area contributed by atoms with Gasteiger partial charge in [-0.15, -0.1) is 0 Å². The third-order valence-electron chi connectivity index (χ3n) is 1.69. The molecule has 0 saturated heterocycles. The Balaban J connectivity index is 3.26. The number of aryl methyl sites for hydroxylation is 1. The van der Waals surface area contributed by atoms with Gasteiger partial charge in [-0.2, -0.15) is 0 Å². The molecule has 0 amide bonds. The molecular weight excluding hydrogens is 166 g/mol. The van der Waals surface area contributed by atoms with Gasteiger partial charge in [0.15, 0.2) is 11.6 Å². The summed E-state index contributed by atoms with van der Waals surface area (Å²) in [5.74, 6) is -0.239. The van der Waals surface area contributed by atoms with Gasteiger partial charge in [0.05, 0.1) is 0 Å². The Bertz CT molecular complexity index is 337. The van der Waals surface area contributed by atoms with Crippen molar-refractivity contribution in [2.24, 2.45) is 0 Å². The van der Waals surface area contributed by atoms with Crippen LogP contribution >= 0.6 is 0 Å². The molecule has 0 N–H and O–H groups in total. The first-order valence-corrected chi connectivity index (χ1v) is 4.01. The van der Waals surface area contributed by atoms with Crippen molar-refractivity contribution in [3.63, 3.8) is 0 Å². The highest BCUT2D eigenvalue weighted by molar-refractivity contribution is 5.96. The van der Waals surface area contributed by atoms with E-state index in [2.05, 4.69) is 4.98 Å². The van der Waals surface area contributed by atoms with Crippen LogP contribution in [0.4, 0.5) is 0 Å². The maximum atomic E-state index is 11.0. The van der Waals surface area contributed by atoms with Crippen LogP contribution in [0.3, 0.4) is 0 Å². The van der Waals surface area contributed by atoms with Crippen LogP contribution in [0, 0.1) is 6.92 Å². The Morgan fingerprint density at radius 3 is 1.77 bits per heavy atom. The molecule has 1 heterocycles. The number of hydrogen-bond acceptors (Lipinski definition) is 3. The molecule has 0 unspecified atom stereocenters. The molecule has 0 spiro atoms. The molecular formula is C10H11NO2. The number of rotatable bonds is 2. The second-order valence-corrected chi connectivity index (χ2v) is 3.03. The smallest absolute Gasteiger partial charge is 0.178 e. The minimum Gasteiger partial charge on any atom is -0.293 e. The lowest BCUT2D eigenvalue weighted by molar-refractivity contribution is 0.100. The van der Waals surface area contributed by atoms with E-state index in [1.807, 2.05) is 6.92 Å². The zero-order valence-corrected chi connectivity index (χ0v) is 7.92. The van der Waals surface area contributed by atoms with Gasteiger partial charge in [0.2, 0.25) is 0 Å². The molecule has 0 aliphatic carbocycles. The maximum absolute atomic E-state index is 11.0. The van der Waals surface area contributed by atoms with Crippen LogP contribution in [0.25, 0.3) is 0 Å². The summed E-state index contributed by atoms with van der Waals surface area (Å²) in [6.07, 6.45) is 0. The molecule has 0 atom stereocenters. The van der Waals surface area contributed by atoms with E-state index in [-0.39, 0.29) is 11.6 Å². The lowest BCUT2D eigenvalue weighted by Crippen LogP contribution is -2.04. The minimum atomic E-state index is -0.119. The third kappa shape index (κ3) is 2.21. The van der Waals surface area contributed by atoms with Gasteiger partial charge in [-0.25, -0.2) is 4.98 Å². The number of pyridine rings is 1. The fourth-order valence-corrected chi connectivity index (χ4v) is 1.03. The summed E-state index contributed by atoms with van der Waals surface area (Å²) < 4.78 is 0. The van der Waals surface area contributed by atoms with Crippen LogP contribution in [0.1, 0.15) is 40.4 Å². The first-order chi connectivity index (χ1) is 6.00. The first kappa shape index (κ1) is 9.58. The Kier molecular flexibility index (Phi) is 2.56. The molecule has 0 aromatic carbocycles. The Labute approximate surface area is 76.8 Å².